The van der Waals surface area contributed by atoms with Crippen molar-refractivity contribution in [2.75, 3.05) is 13.2 Å². The lowest BCUT2D eigenvalue weighted by Gasteiger charge is -2.24. The van der Waals surface area contributed by atoms with Gasteiger partial charge in [-0.05, 0) is 12.1 Å². The molecule has 0 aliphatic carbocycles. The van der Waals surface area contributed by atoms with E-state index in [0.29, 0.717) is 4.47 Å². The highest BCUT2D eigenvalue weighted by Crippen LogP contribution is 2.27. The summed E-state index contributed by atoms with van der Waals surface area (Å²) < 4.78 is 32.5. The van der Waals surface area contributed by atoms with Gasteiger partial charge in [0.1, 0.15) is 24.3 Å². The molecule has 6 heteroatoms. The number of nitrogens with one attached hydrogen (secondary N) is 1. The Bertz CT molecular complexity index is 406. The van der Waals surface area contributed by atoms with Crippen molar-refractivity contribution in [3.63, 3.8) is 0 Å². The number of halogens is 3. The van der Waals surface area contributed by atoms with Crippen molar-refractivity contribution in [2.45, 2.75) is 6.10 Å². The third-order valence-electron chi connectivity index (χ3n) is 2.27. The highest BCUT2D eigenvalue weighted by molar-refractivity contribution is 9.10. The summed E-state index contributed by atoms with van der Waals surface area (Å²) >= 11 is 2.99. The lowest BCUT2D eigenvalue weighted by molar-refractivity contribution is -0.133. The molecule has 1 fully saturated rings. The second-order valence-electron chi connectivity index (χ2n) is 3.39. The average molecular weight is 292 g/mol. The summed E-state index contributed by atoms with van der Waals surface area (Å²) in [6.07, 6.45) is -0.772. The first-order valence-corrected chi connectivity index (χ1v) is 5.40. The fraction of sp³-hybridized carbons (Fsp3) is 0.300. The monoisotopic (exact) mass is 291 g/mol. The molecular formula is C10H8BrF2NO2. The van der Waals surface area contributed by atoms with Gasteiger partial charge in [-0.2, -0.15) is 0 Å². The molecule has 1 saturated heterocycles. The summed E-state index contributed by atoms with van der Waals surface area (Å²) in [5, 5.41) is 2.49. The van der Waals surface area contributed by atoms with Crippen molar-refractivity contribution in [1.82, 2.24) is 5.32 Å². The van der Waals surface area contributed by atoms with Gasteiger partial charge < -0.3 is 10.1 Å². The smallest absolute Gasteiger partial charge is 0.246 e. The number of benzene rings is 1. The van der Waals surface area contributed by atoms with Crippen LogP contribution in [0.15, 0.2) is 16.6 Å². The lowest BCUT2D eigenvalue weighted by atomic mass is 10.1. The average Bonchev–Trinajstić information content (AvgIpc) is 2.19. The molecule has 1 atom stereocenters. The Morgan fingerprint density at radius 1 is 1.38 bits per heavy atom. The van der Waals surface area contributed by atoms with Gasteiger partial charge in [-0.15, -0.1) is 0 Å². The molecule has 0 unspecified atom stereocenters. The van der Waals surface area contributed by atoms with Crippen molar-refractivity contribution in [3.8, 4) is 0 Å². The van der Waals surface area contributed by atoms with Gasteiger partial charge in [0.15, 0.2) is 0 Å². The van der Waals surface area contributed by atoms with Gasteiger partial charge in [0.2, 0.25) is 5.91 Å². The number of amides is 1. The third kappa shape index (κ3) is 2.22. The van der Waals surface area contributed by atoms with Gasteiger partial charge in [-0.3, -0.25) is 4.79 Å². The van der Waals surface area contributed by atoms with E-state index in [9.17, 15) is 13.6 Å². The quantitative estimate of drug-likeness (QED) is 0.858. The fourth-order valence-corrected chi connectivity index (χ4v) is 1.94. The van der Waals surface area contributed by atoms with E-state index in [2.05, 4.69) is 21.2 Å². The number of rotatable bonds is 1. The number of hydrogen-bond donors (Lipinski definition) is 1. The maximum absolute atomic E-state index is 13.5. The van der Waals surface area contributed by atoms with E-state index >= 15 is 0 Å². The second-order valence-corrected chi connectivity index (χ2v) is 4.30. The molecule has 3 nitrogen and oxygen atoms in total. The van der Waals surface area contributed by atoms with Crippen LogP contribution in [0.3, 0.4) is 0 Å². The minimum atomic E-state index is -0.772. The van der Waals surface area contributed by atoms with E-state index in [-0.39, 0.29) is 24.6 Å². The summed E-state index contributed by atoms with van der Waals surface area (Å²) in [6.45, 7) is -0.103. The molecule has 16 heavy (non-hydrogen) atoms. The zero-order valence-corrected chi connectivity index (χ0v) is 9.68. The molecule has 1 N–H and O–H groups in total. The Morgan fingerprint density at radius 3 is 2.50 bits per heavy atom. The van der Waals surface area contributed by atoms with Crippen molar-refractivity contribution in [1.29, 1.82) is 0 Å². The van der Waals surface area contributed by atoms with Crippen LogP contribution in [0.25, 0.3) is 0 Å². The Labute approximate surface area is 98.9 Å². The van der Waals surface area contributed by atoms with E-state index < -0.39 is 17.7 Å². The van der Waals surface area contributed by atoms with Crippen molar-refractivity contribution in [2.24, 2.45) is 0 Å². The SMILES string of the molecule is O=C1CO[C@@H](c2c(F)cc(Br)cc2F)CN1. The maximum Gasteiger partial charge on any atom is 0.246 e. The minimum absolute atomic E-state index is 0.0777. The number of morpholine rings is 1. The van der Waals surface area contributed by atoms with Gasteiger partial charge in [0.25, 0.3) is 0 Å². The summed E-state index contributed by atoms with van der Waals surface area (Å²) in [6, 6.07) is 2.33. The molecule has 1 aliphatic rings. The minimum Gasteiger partial charge on any atom is -0.362 e. The van der Waals surface area contributed by atoms with Gasteiger partial charge in [0.05, 0.1) is 5.56 Å². The Balaban J connectivity index is 2.30. The largest absolute Gasteiger partial charge is 0.362 e. The number of carbonyl (C=O) groups excluding carboxylic acids is 1. The summed E-state index contributed by atoms with van der Waals surface area (Å²) in [5.74, 6) is -1.66. The predicted molar refractivity (Wildman–Crippen MR) is 55.8 cm³/mol. The van der Waals surface area contributed by atoms with Crippen LogP contribution in [-0.4, -0.2) is 19.1 Å². The normalized spacial score (nSPS) is 20.7. The molecule has 0 radical (unpaired) electrons. The summed E-state index contributed by atoms with van der Waals surface area (Å²) in [5.41, 5.74) is -0.150. The summed E-state index contributed by atoms with van der Waals surface area (Å²) in [4.78, 5) is 10.8. The number of carbonyl (C=O) groups is 1. The molecule has 1 aliphatic heterocycles. The lowest BCUT2D eigenvalue weighted by Crippen LogP contribution is -2.39. The Hall–Kier alpha value is -1.01. The Morgan fingerprint density at radius 2 is 2.00 bits per heavy atom. The third-order valence-corrected chi connectivity index (χ3v) is 2.72. The van der Waals surface area contributed by atoms with Gasteiger partial charge >= 0.3 is 0 Å². The van der Waals surface area contributed by atoms with Gasteiger partial charge in [0, 0.05) is 11.0 Å². The van der Waals surface area contributed by atoms with Crippen molar-refractivity contribution < 1.29 is 18.3 Å². The fourth-order valence-electron chi connectivity index (χ4n) is 1.54. The van der Waals surface area contributed by atoms with Crippen LogP contribution in [0.4, 0.5) is 8.78 Å². The topological polar surface area (TPSA) is 38.3 Å². The zero-order valence-electron chi connectivity index (χ0n) is 8.10. The number of hydrogen-bond acceptors (Lipinski definition) is 2. The van der Waals surface area contributed by atoms with Crippen LogP contribution >= 0.6 is 15.9 Å². The molecule has 1 amide bonds. The molecule has 0 aromatic heterocycles. The van der Waals surface area contributed by atoms with Crippen LogP contribution in [0.5, 0.6) is 0 Å². The molecule has 2 rings (SSSR count). The molecule has 1 heterocycles. The highest BCUT2D eigenvalue weighted by Gasteiger charge is 2.26. The predicted octanol–water partition coefficient (Wildman–Crippen LogP) is 1.91. The highest BCUT2D eigenvalue weighted by atomic mass is 79.9. The van der Waals surface area contributed by atoms with Crippen LogP contribution in [0.2, 0.25) is 0 Å². The first-order valence-electron chi connectivity index (χ1n) is 4.60. The van der Waals surface area contributed by atoms with Crippen LogP contribution in [-0.2, 0) is 9.53 Å². The van der Waals surface area contributed by atoms with Gasteiger partial charge in [-0.1, -0.05) is 15.9 Å². The Kier molecular flexibility index (Phi) is 3.20. The molecule has 1 aromatic rings. The van der Waals surface area contributed by atoms with Gasteiger partial charge in [-0.25, -0.2) is 8.78 Å². The van der Waals surface area contributed by atoms with Crippen LogP contribution in [0.1, 0.15) is 11.7 Å². The summed E-state index contributed by atoms with van der Waals surface area (Å²) in [7, 11) is 0. The molecule has 86 valence electrons. The molecule has 1 aromatic carbocycles. The molecular weight excluding hydrogens is 284 g/mol. The zero-order chi connectivity index (χ0) is 11.7. The first-order chi connectivity index (χ1) is 7.58. The molecule has 0 bridgehead atoms. The first kappa shape index (κ1) is 11.5. The molecule has 0 spiro atoms. The van der Waals surface area contributed by atoms with Crippen LogP contribution < -0.4 is 5.32 Å². The van der Waals surface area contributed by atoms with E-state index in [1.54, 1.807) is 0 Å². The van der Waals surface area contributed by atoms with E-state index in [1.807, 2.05) is 0 Å². The van der Waals surface area contributed by atoms with Crippen LogP contribution in [0, 0.1) is 11.6 Å². The maximum atomic E-state index is 13.5. The van der Waals surface area contributed by atoms with E-state index in [4.69, 9.17) is 4.74 Å². The van der Waals surface area contributed by atoms with Crippen molar-refractivity contribution >= 4 is 21.8 Å². The standard InChI is InChI=1S/C10H8BrF2NO2/c11-5-1-6(12)10(7(13)2-5)8-3-14-9(15)4-16-8/h1-2,8H,3-4H2,(H,14,15)/t8-/m1/s1. The van der Waals surface area contributed by atoms with E-state index in [0.717, 1.165) is 12.1 Å². The molecule has 0 saturated carbocycles. The van der Waals surface area contributed by atoms with Crippen molar-refractivity contribution in [3.05, 3.63) is 33.8 Å². The second kappa shape index (κ2) is 4.47. The van der Waals surface area contributed by atoms with E-state index in [1.165, 1.54) is 0 Å². The number of ether oxygens (including phenoxy) is 1.